The Morgan fingerprint density at radius 1 is 1.00 bits per heavy atom. The largest absolute Gasteiger partial charge is 0.573 e. The molecule has 0 bridgehead atoms. The van der Waals surface area contributed by atoms with Crippen molar-refractivity contribution in [3.05, 3.63) is 35.5 Å². The Hall–Kier alpha value is -2.35. The molecule has 0 amide bonds. The second-order valence-electron chi connectivity index (χ2n) is 8.16. The number of hydrogen-bond donors (Lipinski definition) is 1. The van der Waals surface area contributed by atoms with Crippen LogP contribution < -0.4 is 15.0 Å². The molecule has 1 aromatic heterocycles. The zero-order valence-electron chi connectivity index (χ0n) is 17.3. The van der Waals surface area contributed by atoms with E-state index in [4.69, 9.17) is 9.97 Å². The first kappa shape index (κ1) is 20.9. The second kappa shape index (κ2) is 8.41. The van der Waals surface area contributed by atoms with Crippen molar-refractivity contribution >= 4 is 5.95 Å². The summed E-state index contributed by atoms with van der Waals surface area (Å²) < 4.78 is 41.6. The van der Waals surface area contributed by atoms with Crippen LogP contribution in [-0.4, -0.2) is 41.5 Å². The third kappa shape index (κ3) is 4.53. The SMILES string of the molecule is C[C@@H]1CCC[C@H](C)N1c1nc2c(c(-c3ccc(OC(F)(F)F)cc3)n1)CCNCC2. The van der Waals surface area contributed by atoms with Gasteiger partial charge in [-0.2, -0.15) is 0 Å². The molecule has 5 nitrogen and oxygen atoms in total. The molecule has 0 radical (unpaired) electrons. The van der Waals surface area contributed by atoms with Crippen molar-refractivity contribution in [3.8, 4) is 17.0 Å². The lowest BCUT2D eigenvalue weighted by Gasteiger charge is -2.39. The summed E-state index contributed by atoms with van der Waals surface area (Å²) in [6.07, 6.45) is 0.297. The van der Waals surface area contributed by atoms with Crippen molar-refractivity contribution in [3.63, 3.8) is 0 Å². The predicted molar refractivity (Wildman–Crippen MR) is 110 cm³/mol. The number of ether oxygens (including phenoxy) is 1. The summed E-state index contributed by atoms with van der Waals surface area (Å²) in [5.74, 6) is 0.493. The number of aromatic nitrogens is 2. The molecule has 8 heteroatoms. The molecule has 0 unspecified atom stereocenters. The van der Waals surface area contributed by atoms with Gasteiger partial charge >= 0.3 is 6.36 Å². The van der Waals surface area contributed by atoms with Crippen LogP contribution in [0.3, 0.4) is 0 Å². The summed E-state index contributed by atoms with van der Waals surface area (Å²) in [7, 11) is 0. The van der Waals surface area contributed by atoms with Crippen molar-refractivity contribution in [1.29, 1.82) is 0 Å². The van der Waals surface area contributed by atoms with Crippen LogP contribution in [0.15, 0.2) is 24.3 Å². The van der Waals surface area contributed by atoms with Crippen LogP contribution >= 0.6 is 0 Å². The quantitative estimate of drug-likeness (QED) is 0.793. The van der Waals surface area contributed by atoms with Crippen LogP contribution in [-0.2, 0) is 12.8 Å². The van der Waals surface area contributed by atoms with E-state index in [1.165, 1.54) is 18.6 Å². The molecule has 2 aliphatic heterocycles. The van der Waals surface area contributed by atoms with E-state index in [2.05, 4.69) is 28.8 Å². The molecular weight excluding hydrogens is 393 g/mol. The Morgan fingerprint density at radius 2 is 1.67 bits per heavy atom. The number of rotatable bonds is 3. The van der Waals surface area contributed by atoms with E-state index in [1.807, 2.05) is 0 Å². The number of piperidine rings is 1. The summed E-state index contributed by atoms with van der Waals surface area (Å²) in [5.41, 5.74) is 3.69. The Kier molecular flexibility index (Phi) is 5.86. The molecule has 4 rings (SSSR count). The number of alkyl halides is 3. The van der Waals surface area contributed by atoms with Gasteiger partial charge in [-0.05, 0) is 70.3 Å². The first-order chi connectivity index (χ1) is 14.3. The van der Waals surface area contributed by atoms with Gasteiger partial charge in [0.15, 0.2) is 0 Å². The van der Waals surface area contributed by atoms with Crippen LogP contribution in [0.1, 0.15) is 44.4 Å². The van der Waals surface area contributed by atoms with E-state index in [9.17, 15) is 13.2 Å². The molecule has 1 aromatic carbocycles. The normalized spacial score (nSPS) is 22.4. The first-order valence-corrected chi connectivity index (χ1v) is 10.6. The Morgan fingerprint density at radius 3 is 2.33 bits per heavy atom. The molecule has 0 aliphatic carbocycles. The Labute approximate surface area is 174 Å². The first-order valence-electron chi connectivity index (χ1n) is 10.6. The maximum Gasteiger partial charge on any atom is 0.573 e. The van der Waals surface area contributed by atoms with E-state index in [0.29, 0.717) is 12.1 Å². The lowest BCUT2D eigenvalue weighted by molar-refractivity contribution is -0.274. The lowest BCUT2D eigenvalue weighted by Crippen LogP contribution is -2.45. The molecule has 2 atom stereocenters. The second-order valence-corrected chi connectivity index (χ2v) is 8.16. The van der Waals surface area contributed by atoms with Crippen molar-refractivity contribution < 1.29 is 17.9 Å². The van der Waals surface area contributed by atoms with Crippen LogP contribution in [0.5, 0.6) is 5.75 Å². The third-order valence-corrected chi connectivity index (χ3v) is 5.96. The number of benzene rings is 1. The molecule has 2 aliphatic rings. The van der Waals surface area contributed by atoms with Crippen molar-refractivity contribution in [2.75, 3.05) is 18.0 Å². The molecular formula is C22H27F3N4O. The number of nitrogens with one attached hydrogen (secondary N) is 1. The van der Waals surface area contributed by atoms with Crippen LogP contribution in [0.4, 0.5) is 19.1 Å². The molecule has 1 saturated heterocycles. The zero-order valence-corrected chi connectivity index (χ0v) is 17.3. The fraction of sp³-hybridized carbons (Fsp3) is 0.545. The van der Waals surface area contributed by atoms with E-state index in [0.717, 1.165) is 67.2 Å². The highest BCUT2D eigenvalue weighted by Gasteiger charge is 2.31. The fourth-order valence-electron chi connectivity index (χ4n) is 4.52. The molecule has 30 heavy (non-hydrogen) atoms. The number of nitrogens with zero attached hydrogens (tertiary/aromatic N) is 3. The lowest BCUT2D eigenvalue weighted by atomic mass is 9.97. The van der Waals surface area contributed by atoms with Gasteiger partial charge in [-0.3, -0.25) is 0 Å². The van der Waals surface area contributed by atoms with Gasteiger partial charge in [0, 0.05) is 36.2 Å². The van der Waals surface area contributed by atoms with Gasteiger partial charge in [-0.1, -0.05) is 0 Å². The van der Waals surface area contributed by atoms with Gasteiger partial charge in [0.2, 0.25) is 5.95 Å². The highest BCUT2D eigenvalue weighted by atomic mass is 19.4. The summed E-state index contributed by atoms with van der Waals surface area (Å²) >= 11 is 0. The number of anilines is 1. The average Bonchev–Trinajstić information content (AvgIpc) is 2.92. The van der Waals surface area contributed by atoms with Gasteiger partial charge in [0.1, 0.15) is 5.75 Å². The average molecular weight is 420 g/mol. The van der Waals surface area contributed by atoms with E-state index in [1.54, 1.807) is 12.1 Å². The number of hydrogen-bond acceptors (Lipinski definition) is 5. The molecule has 0 spiro atoms. The number of halogens is 3. The van der Waals surface area contributed by atoms with Gasteiger partial charge in [0.25, 0.3) is 0 Å². The Balaban J connectivity index is 1.76. The standard InChI is InChI=1S/C22H27F3N4O/c1-14-4-3-5-15(2)29(14)21-27-19-11-13-26-12-10-18(19)20(28-21)16-6-8-17(9-7-16)30-22(23,24)25/h6-9,14-15,26H,3-5,10-13H2,1-2H3/t14-,15+. The van der Waals surface area contributed by atoms with Gasteiger partial charge in [-0.25, -0.2) is 9.97 Å². The van der Waals surface area contributed by atoms with Crippen molar-refractivity contribution in [2.24, 2.45) is 0 Å². The molecule has 2 aromatic rings. The van der Waals surface area contributed by atoms with Crippen LogP contribution in [0, 0.1) is 0 Å². The molecule has 3 heterocycles. The fourth-order valence-corrected chi connectivity index (χ4v) is 4.52. The maximum atomic E-state index is 12.5. The highest BCUT2D eigenvalue weighted by Crippen LogP contribution is 2.33. The molecule has 1 fully saturated rings. The third-order valence-electron chi connectivity index (χ3n) is 5.96. The number of fused-ring (bicyclic) bond motifs is 1. The summed E-state index contributed by atoms with van der Waals surface area (Å²) in [6, 6.07) is 6.69. The minimum absolute atomic E-state index is 0.230. The predicted octanol–water partition coefficient (Wildman–Crippen LogP) is 4.50. The van der Waals surface area contributed by atoms with Crippen LogP contribution in [0.25, 0.3) is 11.3 Å². The monoisotopic (exact) mass is 420 g/mol. The molecule has 0 saturated carbocycles. The van der Waals surface area contributed by atoms with E-state index >= 15 is 0 Å². The van der Waals surface area contributed by atoms with Gasteiger partial charge in [-0.15, -0.1) is 13.2 Å². The van der Waals surface area contributed by atoms with Gasteiger partial charge in [0.05, 0.1) is 11.4 Å². The smallest absolute Gasteiger partial charge is 0.406 e. The summed E-state index contributed by atoms with van der Waals surface area (Å²) in [6.45, 7) is 6.09. The summed E-state index contributed by atoms with van der Waals surface area (Å²) in [5, 5.41) is 3.40. The highest BCUT2D eigenvalue weighted by molar-refractivity contribution is 5.67. The maximum absolute atomic E-state index is 12.5. The molecule has 162 valence electrons. The minimum atomic E-state index is -4.70. The van der Waals surface area contributed by atoms with Crippen molar-refractivity contribution in [1.82, 2.24) is 15.3 Å². The Bertz CT molecular complexity index is 875. The summed E-state index contributed by atoms with van der Waals surface area (Å²) in [4.78, 5) is 12.2. The van der Waals surface area contributed by atoms with Gasteiger partial charge < -0.3 is 15.0 Å². The zero-order chi connectivity index (χ0) is 21.3. The van der Waals surface area contributed by atoms with E-state index in [-0.39, 0.29) is 5.75 Å². The van der Waals surface area contributed by atoms with Crippen LogP contribution in [0.2, 0.25) is 0 Å². The molecule has 1 N–H and O–H groups in total. The van der Waals surface area contributed by atoms with E-state index < -0.39 is 6.36 Å². The topological polar surface area (TPSA) is 50.3 Å². The minimum Gasteiger partial charge on any atom is -0.406 e. The van der Waals surface area contributed by atoms with Crippen molar-refractivity contribution in [2.45, 2.75) is 64.4 Å².